The maximum absolute atomic E-state index is 13.9. The van der Waals surface area contributed by atoms with Gasteiger partial charge >= 0.3 is 5.92 Å². The highest BCUT2D eigenvalue weighted by Gasteiger charge is 2.40. The molecule has 0 fully saturated rings. The van der Waals surface area contributed by atoms with E-state index in [1.165, 1.54) is 24.3 Å². The minimum Gasteiger partial charge on any atom is -0.350 e. The highest BCUT2D eigenvalue weighted by atomic mass is 19.3. The van der Waals surface area contributed by atoms with Gasteiger partial charge in [-0.1, -0.05) is 54.6 Å². The molecule has 1 amide bonds. The van der Waals surface area contributed by atoms with Crippen LogP contribution in [-0.2, 0) is 17.1 Å². The summed E-state index contributed by atoms with van der Waals surface area (Å²) in [5.74, 6) is -4.77. The molecule has 0 radical (unpaired) electrons. The van der Waals surface area contributed by atoms with Crippen molar-refractivity contribution in [3.05, 3.63) is 71.3 Å². The molecule has 0 aromatic heterocycles. The summed E-state index contributed by atoms with van der Waals surface area (Å²) in [6, 6.07) is 14.8. The molecule has 0 saturated heterocycles. The zero-order chi connectivity index (χ0) is 15.3. The number of alkyl halides is 2. The van der Waals surface area contributed by atoms with E-state index in [2.05, 4.69) is 5.32 Å². The molecule has 0 aliphatic carbocycles. The Hall–Kier alpha value is -2.23. The number of hydrogen-bond donors (Lipinski definition) is 1. The second-order valence-corrected chi connectivity index (χ2v) is 4.87. The van der Waals surface area contributed by atoms with Gasteiger partial charge < -0.3 is 5.32 Å². The summed E-state index contributed by atoms with van der Waals surface area (Å²) in [7, 11) is 0. The summed E-state index contributed by atoms with van der Waals surface area (Å²) in [5.41, 5.74) is 1.83. The molecule has 0 bridgehead atoms. The highest BCUT2D eigenvalue weighted by molar-refractivity contribution is 5.84. The van der Waals surface area contributed by atoms with Crippen molar-refractivity contribution >= 4 is 5.91 Å². The second-order valence-electron chi connectivity index (χ2n) is 4.87. The van der Waals surface area contributed by atoms with E-state index in [9.17, 15) is 13.6 Å². The number of rotatable bonds is 5. The molecule has 2 rings (SSSR count). The molecule has 2 aromatic carbocycles. The number of carbonyl (C=O) groups excluding carboxylic acids is 1. The molecule has 0 aliphatic rings. The molecule has 4 heteroatoms. The molecule has 0 saturated carbocycles. The van der Waals surface area contributed by atoms with Crippen LogP contribution >= 0.6 is 0 Å². The Balaban J connectivity index is 1.94. The van der Waals surface area contributed by atoms with E-state index >= 15 is 0 Å². The third-order valence-electron chi connectivity index (χ3n) is 3.36. The van der Waals surface area contributed by atoms with Gasteiger partial charge in [-0.05, 0) is 24.5 Å². The van der Waals surface area contributed by atoms with Gasteiger partial charge in [0.1, 0.15) is 0 Å². The van der Waals surface area contributed by atoms with Crippen LogP contribution in [0.15, 0.2) is 54.6 Å². The summed E-state index contributed by atoms with van der Waals surface area (Å²) >= 11 is 0. The van der Waals surface area contributed by atoms with Crippen LogP contribution in [0, 0.1) is 6.92 Å². The van der Waals surface area contributed by atoms with Crippen molar-refractivity contribution in [2.75, 3.05) is 6.54 Å². The van der Waals surface area contributed by atoms with Gasteiger partial charge in [-0.15, -0.1) is 0 Å². The fourth-order valence-electron chi connectivity index (χ4n) is 2.09. The number of hydrogen-bond acceptors (Lipinski definition) is 1. The maximum atomic E-state index is 13.9. The van der Waals surface area contributed by atoms with E-state index in [-0.39, 0.29) is 12.1 Å². The Morgan fingerprint density at radius 3 is 2.33 bits per heavy atom. The molecule has 0 spiro atoms. The van der Waals surface area contributed by atoms with Crippen LogP contribution in [0.4, 0.5) is 8.78 Å². The number of carbonyl (C=O) groups is 1. The average molecular weight is 289 g/mol. The van der Waals surface area contributed by atoms with E-state index in [0.29, 0.717) is 6.42 Å². The van der Waals surface area contributed by atoms with Gasteiger partial charge in [0.25, 0.3) is 5.91 Å². The van der Waals surface area contributed by atoms with Crippen LogP contribution < -0.4 is 5.32 Å². The van der Waals surface area contributed by atoms with E-state index in [1.54, 1.807) is 6.07 Å². The van der Waals surface area contributed by atoms with Crippen molar-refractivity contribution in [2.45, 2.75) is 19.3 Å². The van der Waals surface area contributed by atoms with Crippen molar-refractivity contribution in [3.63, 3.8) is 0 Å². The fourth-order valence-corrected chi connectivity index (χ4v) is 2.09. The van der Waals surface area contributed by atoms with E-state index < -0.39 is 11.8 Å². The van der Waals surface area contributed by atoms with Crippen molar-refractivity contribution in [1.29, 1.82) is 0 Å². The zero-order valence-electron chi connectivity index (χ0n) is 11.8. The summed E-state index contributed by atoms with van der Waals surface area (Å²) in [6.45, 7) is 2.14. The zero-order valence-corrected chi connectivity index (χ0v) is 11.8. The first-order valence-electron chi connectivity index (χ1n) is 6.78. The molecule has 0 atom stereocenters. The van der Waals surface area contributed by atoms with Crippen molar-refractivity contribution in [1.82, 2.24) is 5.32 Å². The van der Waals surface area contributed by atoms with Gasteiger partial charge in [-0.25, -0.2) is 0 Å². The van der Waals surface area contributed by atoms with Crippen molar-refractivity contribution in [3.8, 4) is 0 Å². The average Bonchev–Trinajstić information content (AvgIpc) is 2.50. The minimum absolute atomic E-state index is 0.187. The van der Waals surface area contributed by atoms with Gasteiger partial charge in [-0.2, -0.15) is 8.78 Å². The first kappa shape index (κ1) is 15.2. The van der Waals surface area contributed by atoms with E-state index in [1.807, 2.05) is 31.2 Å². The Kier molecular flexibility index (Phi) is 4.68. The predicted molar refractivity (Wildman–Crippen MR) is 78.2 cm³/mol. The SMILES string of the molecule is Cc1ccccc1CCNC(=O)C(F)(F)c1ccccc1. The second kappa shape index (κ2) is 6.48. The Labute approximate surface area is 122 Å². The van der Waals surface area contributed by atoms with Crippen molar-refractivity contribution in [2.24, 2.45) is 0 Å². The number of halogens is 2. The Bertz CT molecular complexity index is 611. The molecule has 110 valence electrons. The van der Waals surface area contributed by atoms with Crippen LogP contribution in [0.3, 0.4) is 0 Å². The Morgan fingerprint density at radius 2 is 1.67 bits per heavy atom. The maximum Gasteiger partial charge on any atom is 0.349 e. The number of nitrogens with one attached hydrogen (secondary N) is 1. The summed E-state index contributed by atoms with van der Waals surface area (Å²) in [6.07, 6.45) is 0.531. The Morgan fingerprint density at radius 1 is 1.05 bits per heavy atom. The lowest BCUT2D eigenvalue weighted by atomic mass is 10.1. The lowest BCUT2D eigenvalue weighted by molar-refractivity contribution is -0.146. The first-order valence-corrected chi connectivity index (χ1v) is 6.78. The first-order chi connectivity index (χ1) is 10.0. The lowest BCUT2D eigenvalue weighted by Gasteiger charge is -2.16. The normalized spacial score (nSPS) is 11.2. The topological polar surface area (TPSA) is 29.1 Å². The van der Waals surface area contributed by atoms with Crippen LogP contribution in [0.2, 0.25) is 0 Å². The number of amides is 1. The van der Waals surface area contributed by atoms with Crippen LogP contribution in [-0.4, -0.2) is 12.5 Å². The fraction of sp³-hybridized carbons (Fsp3) is 0.235. The molecular weight excluding hydrogens is 272 g/mol. The smallest absolute Gasteiger partial charge is 0.349 e. The predicted octanol–water partition coefficient (Wildman–Crippen LogP) is 3.45. The van der Waals surface area contributed by atoms with E-state index in [0.717, 1.165) is 11.1 Å². The van der Waals surface area contributed by atoms with Crippen molar-refractivity contribution < 1.29 is 13.6 Å². The molecule has 1 N–H and O–H groups in total. The van der Waals surface area contributed by atoms with Crippen LogP contribution in [0.25, 0.3) is 0 Å². The van der Waals surface area contributed by atoms with Crippen LogP contribution in [0.1, 0.15) is 16.7 Å². The molecule has 2 nitrogen and oxygen atoms in total. The number of aryl methyl sites for hydroxylation is 1. The van der Waals surface area contributed by atoms with Gasteiger partial charge in [0, 0.05) is 12.1 Å². The highest BCUT2D eigenvalue weighted by Crippen LogP contribution is 2.27. The van der Waals surface area contributed by atoms with Gasteiger partial charge in [0.2, 0.25) is 0 Å². The summed E-state index contributed by atoms with van der Waals surface area (Å²) in [4.78, 5) is 11.7. The molecular formula is C17H17F2NO. The third kappa shape index (κ3) is 3.66. The monoisotopic (exact) mass is 289 g/mol. The third-order valence-corrected chi connectivity index (χ3v) is 3.36. The summed E-state index contributed by atoms with van der Waals surface area (Å²) in [5, 5.41) is 2.31. The summed E-state index contributed by atoms with van der Waals surface area (Å²) < 4.78 is 27.9. The molecule has 0 heterocycles. The quantitative estimate of drug-likeness (QED) is 0.897. The molecule has 0 unspecified atom stereocenters. The van der Waals surface area contributed by atoms with Gasteiger partial charge in [0.15, 0.2) is 0 Å². The molecule has 2 aromatic rings. The lowest BCUT2D eigenvalue weighted by Crippen LogP contribution is -2.39. The standard InChI is InChI=1S/C17H17F2NO/c1-13-7-5-6-8-14(13)11-12-20-16(21)17(18,19)15-9-3-2-4-10-15/h2-10H,11-12H2,1H3,(H,20,21). The molecule has 21 heavy (non-hydrogen) atoms. The largest absolute Gasteiger partial charge is 0.350 e. The molecule has 0 aliphatic heterocycles. The van der Waals surface area contributed by atoms with Crippen LogP contribution in [0.5, 0.6) is 0 Å². The van der Waals surface area contributed by atoms with Gasteiger partial charge in [0.05, 0.1) is 0 Å². The number of benzene rings is 2. The van der Waals surface area contributed by atoms with Gasteiger partial charge in [-0.3, -0.25) is 4.79 Å². The minimum atomic E-state index is -3.51. The van der Waals surface area contributed by atoms with E-state index in [4.69, 9.17) is 0 Å².